The van der Waals surface area contributed by atoms with Gasteiger partial charge in [0, 0.05) is 19.2 Å². The van der Waals surface area contributed by atoms with Gasteiger partial charge < -0.3 is 5.11 Å². The van der Waals surface area contributed by atoms with Crippen molar-refractivity contribution in [2.75, 3.05) is 0 Å². The predicted octanol–water partition coefficient (Wildman–Crippen LogP) is 1.34. The minimum absolute atomic E-state index is 0.424. The molecule has 0 saturated heterocycles. The van der Waals surface area contributed by atoms with Crippen molar-refractivity contribution in [1.29, 1.82) is 0 Å². The molecule has 0 amide bonds. The van der Waals surface area contributed by atoms with Gasteiger partial charge in [0.1, 0.15) is 0 Å². The Morgan fingerprint density at radius 3 is 2.88 bits per heavy atom. The van der Waals surface area contributed by atoms with Gasteiger partial charge in [-0.2, -0.15) is 0 Å². The molecule has 1 aromatic heterocycles. The van der Waals surface area contributed by atoms with Crippen LogP contribution >= 0.6 is 0 Å². The van der Waals surface area contributed by atoms with Crippen molar-refractivity contribution >= 4 is 5.97 Å². The Morgan fingerprint density at radius 2 is 2.31 bits per heavy atom. The van der Waals surface area contributed by atoms with Crippen molar-refractivity contribution < 1.29 is 9.90 Å². The van der Waals surface area contributed by atoms with E-state index < -0.39 is 11.4 Å². The van der Waals surface area contributed by atoms with Crippen molar-refractivity contribution in [3.63, 3.8) is 0 Å². The second kappa shape index (κ2) is 3.88. The first-order valence-electron chi connectivity index (χ1n) is 5.60. The van der Waals surface area contributed by atoms with Crippen LogP contribution in [-0.2, 0) is 17.8 Å². The Balaban J connectivity index is 1.98. The molecule has 0 spiro atoms. The first kappa shape index (κ1) is 11.1. The van der Waals surface area contributed by atoms with E-state index >= 15 is 0 Å². The zero-order valence-corrected chi connectivity index (χ0v) is 9.68. The van der Waals surface area contributed by atoms with Gasteiger partial charge in [0.2, 0.25) is 0 Å². The number of hydrogen-bond acceptors (Lipinski definition) is 3. The SMILES string of the molecule is CC(C)(Cc1cn(CC2CC2)nn1)C(=O)O. The van der Waals surface area contributed by atoms with Crippen LogP contribution in [0.15, 0.2) is 6.20 Å². The van der Waals surface area contributed by atoms with Crippen LogP contribution in [0.5, 0.6) is 0 Å². The molecule has 0 aliphatic heterocycles. The molecule has 1 N–H and O–H groups in total. The van der Waals surface area contributed by atoms with Crippen LogP contribution in [0.4, 0.5) is 0 Å². The summed E-state index contributed by atoms with van der Waals surface area (Å²) in [4.78, 5) is 11.0. The summed E-state index contributed by atoms with van der Waals surface area (Å²) < 4.78 is 1.82. The third-order valence-corrected chi connectivity index (χ3v) is 2.93. The highest BCUT2D eigenvalue weighted by molar-refractivity contribution is 5.73. The summed E-state index contributed by atoms with van der Waals surface area (Å²) in [6, 6.07) is 0. The van der Waals surface area contributed by atoms with E-state index in [1.807, 2.05) is 10.9 Å². The summed E-state index contributed by atoms with van der Waals surface area (Å²) >= 11 is 0. The molecule has 1 aromatic rings. The topological polar surface area (TPSA) is 68.0 Å². The number of rotatable bonds is 5. The van der Waals surface area contributed by atoms with Crippen molar-refractivity contribution in [2.45, 2.75) is 39.7 Å². The van der Waals surface area contributed by atoms with Crippen LogP contribution in [0.2, 0.25) is 0 Å². The molecule has 1 fully saturated rings. The van der Waals surface area contributed by atoms with Crippen LogP contribution in [0.3, 0.4) is 0 Å². The maximum Gasteiger partial charge on any atom is 0.309 e. The average molecular weight is 223 g/mol. The maximum atomic E-state index is 11.0. The lowest BCUT2D eigenvalue weighted by Crippen LogP contribution is -2.26. The molecule has 5 heteroatoms. The fraction of sp³-hybridized carbons (Fsp3) is 0.727. The Labute approximate surface area is 94.5 Å². The second-order valence-corrected chi connectivity index (χ2v) is 5.24. The molecular weight excluding hydrogens is 206 g/mol. The molecule has 1 aliphatic carbocycles. The number of carbonyl (C=O) groups is 1. The molecule has 1 saturated carbocycles. The molecule has 1 aliphatic rings. The number of aromatic nitrogens is 3. The molecule has 0 radical (unpaired) electrons. The highest BCUT2D eigenvalue weighted by Gasteiger charge is 2.29. The molecule has 16 heavy (non-hydrogen) atoms. The number of aliphatic carboxylic acids is 1. The number of nitrogens with zero attached hydrogens (tertiary/aromatic N) is 3. The minimum atomic E-state index is -0.802. The van der Waals surface area contributed by atoms with Gasteiger partial charge in [-0.05, 0) is 32.6 Å². The van der Waals surface area contributed by atoms with Gasteiger partial charge in [-0.1, -0.05) is 5.21 Å². The van der Waals surface area contributed by atoms with Crippen LogP contribution in [0, 0.1) is 11.3 Å². The van der Waals surface area contributed by atoms with Gasteiger partial charge in [-0.15, -0.1) is 5.10 Å². The van der Waals surface area contributed by atoms with Gasteiger partial charge in [0.25, 0.3) is 0 Å². The quantitative estimate of drug-likeness (QED) is 0.818. The molecule has 88 valence electrons. The van der Waals surface area contributed by atoms with Crippen molar-refractivity contribution in [1.82, 2.24) is 15.0 Å². The maximum absolute atomic E-state index is 11.0. The molecule has 0 atom stereocenters. The van der Waals surface area contributed by atoms with E-state index in [1.54, 1.807) is 13.8 Å². The van der Waals surface area contributed by atoms with E-state index in [1.165, 1.54) is 12.8 Å². The minimum Gasteiger partial charge on any atom is -0.481 e. The van der Waals surface area contributed by atoms with Gasteiger partial charge in [0.15, 0.2) is 0 Å². The fourth-order valence-corrected chi connectivity index (χ4v) is 1.60. The summed E-state index contributed by atoms with van der Waals surface area (Å²) in [6.45, 7) is 4.32. The van der Waals surface area contributed by atoms with Crippen molar-refractivity contribution in [3.05, 3.63) is 11.9 Å². The Bertz CT molecular complexity index is 394. The summed E-state index contributed by atoms with van der Waals surface area (Å²) in [5, 5.41) is 17.0. The summed E-state index contributed by atoms with van der Waals surface area (Å²) in [6.07, 6.45) is 4.83. The van der Waals surface area contributed by atoms with Crippen LogP contribution in [0.1, 0.15) is 32.4 Å². The summed E-state index contributed by atoms with van der Waals surface area (Å²) in [5.41, 5.74) is -0.0199. The van der Waals surface area contributed by atoms with E-state index in [-0.39, 0.29) is 0 Å². The first-order chi connectivity index (χ1) is 7.47. The fourth-order valence-electron chi connectivity index (χ4n) is 1.60. The lowest BCUT2D eigenvalue weighted by molar-refractivity contribution is -0.146. The number of hydrogen-bond donors (Lipinski definition) is 1. The van der Waals surface area contributed by atoms with Crippen LogP contribution in [-0.4, -0.2) is 26.1 Å². The highest BCUT2D eigenvalue weighted by Crippen LogP contribution is 2.30. The second-order valence-electron chi connectivity index (χ2n) is 5.24. The smallest absolute Gasteiger partial charge is 0.309 e. The van der Waals surface area contributed by atoms with E-state index in [2.05, 4.69) is 10.3 Å². The molecule has 0 unspecified atom stereocenters. The zero-order valence-electron chi connectivity index (χ0n) is 9.68. The predicted molar refractivity (Wildman–Crippen MR) is 57.9 cm³/mol. The molecule has 1 heterocycles. The highest BCUT2D eigenvalue weighted by atomic mass is 16.4. The number of carboxylic acid groups (broad SMARTS) is 1. The molecule has 5 nitrogen and oxygen atoms in total. The molecular formula is C11H17N3O2. The van der Waals surface area contributed by atoms with Crippen LogP contribution in [0.25, 0.3) is 0 Å². The lowest BCUT2D eigenvalue weighted by atomic mass is 9.88. The summed E-state index contributed by atoms with van der Waals surface area (Å²) in [5.74, 6) is -0.0497. The van der Waals surface area contributed by atoms with Crippen molar-refractivity contribution in [3.8, 4) is 0 Å². The van der Waals surface area contributed by atoms with Gasteiger partial charge in [-0.3, -0.25) is 9.48 Å². The zero-order chi connectivity index (χ0) is 11.8. The lowest BCUT2D eigenvalue weighted by Gasteiger charge is -2.16. The molecule has 0 bridgehead atoms. The van der Waals surface area contributed by atoms with Crippen LogP contribution < -0.4 is 0 Å². The normalized spacial score (nSPS) is 16.4. The third-order valence-electron chi connectivity index (χ3n) is 2.93. The summed E-state index contributed by atoms with van der Waals surface area (Å²) in [7, 11) is 0. The van der Waals surface area contributed by atoms with E-state index in [0.717, 1.165) is 18.2 Å². The van der Waals surface area contributed by atoms with E-state index in [9.17, 15) is 4.79 Å². The monoisotopic (exact) mass is 223 g/mol. The van der Waals surface area contributed by atoms with Gasteiger partial charge >= 0.3 is 5.97 Å². The van der Waals surface area contributed by atoms with Crippen molar-refractivity contribution in [2.24, 2.45) is 11.3 Å². The van der Waals surface area contributed by atoms with Gasteiger partial charge in [0.05, 0.1) is 11.1 Å². The van der Waals surface area contributed by atoms with E-state index in [0.29, 0.717) is 6.42 Å². The Morgan fingerprint density at radius 1 is 1.62 bits per heavy atom. The molecule has 0 aromatic carbocycles. The Kier molecular flexibility index (Phi) is 2.69. The largest absolute Gasteiger partial charge is 0.481 e. The third kappa shape index (κ3) is 2.59. The average Bonchev–Trinajstić information content (AvgIpc) is 2.87. The van der Waals surface area contributed by atoms with Gasteiger partial charge in [-0.25, -0.2) is 0 Å². The van der Waals surface area contributed by atoms with E-state index in [4.69, 9.17) is 5.11 Å². The standard InChI is InChI=1S/C11H17N3O2/c1-11(2,10(15)16)5-9-7-14(13-12-9)6-8-3-4-8/h7-8H,3-6H2,1-2H3,(H,15,16). The Hall–Kier alpha value is -1.39. The molecule has 2 rings (SSSR count). The first-order valence-corrected chi connectivity index (χ1v) is 5.60. The number of carboxylic acids is 1.